The third-order valence-corrected chi connectivity index (χ3v) is 6.51. The maximum absolute atomic E-state index is 12.7. The van der Waals surface area contributed by atoms with Crippen LogP contribution in [0.2, 0.25) is 0 Å². The van der Waals surface area contributed by atoms with Crippen molar-refractivity contribution in [2.45, 2.75) is 65.0 Å². The van der Waals surface area contributed by atoms with E-state index in [1.807, 2.05) is 13.8 Å². The molecule has 0 bridgehead atoms. The molecule has 26 heavy (non-hydrogen) atoms. The van der Waals surface area contributed by atoms with Gasteiger partial charge in [-0.2, -0.15) is 0 Å². The van der Waals surface area contributed by atoms with Gasteiger partial charge in [-0.1, -0.05) is 19.3 Å². The summed E-state index contributed by atoms with van der Waals surface area (Å²) in [6.07, 6.45) is 6.83. The van der Waals surface area contributed by atoms with E-state index in [1.54, 1.807) is 18.4 Å². The highest BCUT2D eigenvalue weighted by Crippen LogP contribution is 2.26. The molecule has 1 saturated heterocycles. The van der Waals surface area contributed by atoms with Gasteiger partial charge in [-0.3, -0.25) is 9.79 Å². The number of hydrogen-bond donors (Lipinski definition) is 2. The van der Waals surface area contributed by atoms with Gasteiger partial charge in [-0.15, -0.1) is 11.3 Å². The lowest BCUT2D eigenvalue weighted by Gasteiger charge is -2.26. The van der Waals surface area contributed by atoms with Crippen LogP contribution in [0.1, 0.15) is 54.1 Å². The molecule has 1 aromatic heterocycles. The molecule has 1 saturated carbocycles. The van der Waals surface area contributed by atoms with Crippen molar-refractivity contribution in [3.05, 3.63) is 15.6 Å². The second kappa shape index (κ2) is 8.84. The Hall–Kier alpha value is -1.63. The van der Waals surface area contributed by atoms with Gasteiger partial charge >= 0.3 is 0 Å². The van der Waals surface area contributed by atoms with Gasteiger partial charge in [0.05, 0.1) is 17.2 Å². The first-order chi connectivity index (χ1) is 12.6. The van der Waals surface area contributed by atoms with Crippen molar-refractivity contribution in [2.75, 3.05) is 20.1 Å². The molecule has 0 radical (unpaired) electrons. The van der Waals surface area contributed by atoms with Crippen molar-refractivity contribution in [3.8, 4) is 0 Å². The molecule has 1 atom stereocenters. The van der Waals surface area contributed by atoms with Crippen LogP contribution in [0.5, 0.6) is 0 Å². The molecule has 1 aliphatic heterocycles. The summed E-state index contributed by atoms with van der Waals surface area (Å²) in [6.45, 7) is 6.45. The van der Waals surface area contributed by atoms with Crippen LogP contribution in [0.4, 0.5) is 0 Å². The number of likely N-dealkylation sites (tertiary alicyclic amines) is 1. The fourth-order valence-electron chi connectivity index (χ4n) is 3.98. The highest BCUT2D eigenvalue weighted by Gasteiger charge is 2.31. The molecule has 7 heteroatoms. The van der Waals surface area contributed by atoms with Crippen LogP contribution in [0.25, 0.3) is 0 Å². The number of aromatic nitrogens is 1. The van der Waals surface area contributed by atoms with Gasteiger partial charge in [0.25, 0.3) is 0 Å². The van der Waals surface area contributed by atoms with E-state index >= 15 is 0 Å². The second-order valence-electron chi connectivity index (χ2n) is 7.42. The van der Waals surface area contributed by atoms with Gasteiger partial charge in [0, 0.05) is 37.0 Å². The molecule has 6 nitrogen and oxygen atoms in total. The van der Waals surface area contributed by atoms with Gasteiger partial charge in [0.15, 0.2) is 5.96 Å². The third kappa shape index (κ3) is 4.75. The normalized spacial score (nSPS) is 21.9. The van der Waals surface area contributed by atoms with Crippen molar-refractivity contribution in [1.82, 2.24) is 20.5 Å². The van der Waals surface area contributed by atoms with Gasteiger partial charge in [0.1, 0.15) is 0 Å². The quantitative estimate of drug-likeness (QED) is 0.625. The van der Waals surface area contributed by atoms with Gasteiger partial charge in [-0.05, 0) is 33.1 Å². The van der Waals surface area contributed by atoms with Crippen LogP contribution in [-0.2, 0) is 11.3 Å². The van der Waals surface area contributed by atoms with Crippen LogP contribution in [0.3, 0.4) is 0 Å². The minimum absolute atomic E-state index is 0.262. The summed E-state index contributed by atoms with van der Waals surface area (Å²) in [6, 6.07) is 0.276. The summed E-state index contributed by atoms with van der Waals surface area (Å²) in [4.78, 5) is 24.8. The number of thiazole rings is 1. The summed E-state index contributed by atoms with van der Waals surface area (Å²) in [5.74, 6) is 1.43. The Morgan fingerprint density at radius 2 is 2.04 bits per heavy atom. The number of hydrogen-bond acceptors (Lipinski definition) is 4. The SMILES string of the molecule is CN=C(NCc1sc(C)nc1C)NC1CCN(C(=O)C2CCCCC2)C1. The lowest BCUT2D eigenvalue weighted by Crippen LogP contribution is -2.45. The van der Waals surface area contributed by atoms with Crippen LogP contribution in [0, 0.1) is 19.8 Å². The van der Waals surface area contributed by atoms with Crippen molar-refractivity contribution in [2.24, 2.45) is 10.9 Å². The number of aliphatic imine (C=N–C) groups is 1. The lowest BCUT2D eigenvalue weighted by atomic mass is 9.88. The molecule has 144 valence electrons. The number of aryl methyl sites for hydroxylation is 2. The van der Waals surface area contributed by atoms with E-state index in [-0.39, 0.29) is 12.0 Å². The van der Waals surface area contributed by atoms with E-state index < -0.39 is 0 Å². The standard InChI is InChI=1S/C19H31N5OS/c1-13-17(26-14(2)22-13)11-21-19(20-3)23-16-9-10-24(12-16)18(25)15-7-5-4-6-8-15/h15-16H,4-12H2,1-3H3,(H2,20,21,23). The molecule has 0 spiro atoms. The maximum Gasteiger partial charge on any atom is 0.225 e. The van der Waals surface area contributed by atoms with E-state index in [0.717, 1.165) is 55.6 Å². The van der Waals surface area contributed by atoms with E-state index in [2.05, 4.69) is 25.5 Å². The van der Waals surface area contributed by atoms with E-state index in [0.29, 0.717) is 5.91 Å². The number of nitrogens with zero attached hydrogens (tertiary/aromatic N) is 3. The van der Waals surface area contributed by atoms with Crippen LogP contribution in [0.15, 0.2) is 4.99 Å². The first-order valence-electron chi connectivity index (χ1n) is 9.75. The van der Waals surface area contributed by atoms with E-state index in [1.165, 1.54) is 24.1 Å². The van der Waals surface area contributed by atoms with Crippen LogP contribution >= 0.6 is 11.3 Å². The molecule has 2 N–H and O–H groups in total. The Bertz CT molecular complexity index is 650. The predicted molar refractivity (Wildman–Crippen MR) is 106 cm³/mol. The molecule has 2 fully saturated rings. The first kappa shape index (κ1) is 19.1. The Morgan fingerprint density at radius 3 is 2.69 bits per heavy atom. The summed E-state index contributed by atoms with van der Waals surface area (Å²) in [5, 5.41) is 7.95. The zero-order valence-electron chi connectivity index (χ0n) is 16.2. The predicted octanol–water partition coefficient (Wildman–Crippen LogP) is 2.61. The molecule has 1 aromatic rings. The molecule has 0 aromatic carbocycles. The molecule has 1 amide bonds. The Labute approximate surface area is 160 Å². The molecule has 2 heterocycles. The molecular formula is C19H31N5OS. The Morgan fingerprint density at radius 1 is 1.27 bits per heavy atom. The summed E-state index contributed by atoms with van der Waals surface area (Å²) in [5.41, 5.74) is 1.08. The molecule has 1 aliphatic carbocycles. The van der Waals surface area contributed by atoms with Crippen LogP contribution in [-0.4, -0.2) is 47.9 Å². The highest BCUT2D eigenvalue weighted by atomic mass is 32.1. The second-order valence-corrected chi connectivity index (χ2v) is 8.70. The molecular weight excluding hydrogens is 346 g/mol. The number of rotatable bonds is 4. The number of nitrogens with one attached hydrogen (secondary N) is 2. The molecule has 2 aliphatic rings. The summed E-state index contributed by atoms with van der Waals surface area (Å²) >= 11 is 1.72. The van der Waals surface area contributed by atoms with E-state index in [4.69, 9.17) is 0 Å². The number of carbonyl (C=O) groups excluding carboxylic acids is 1. The number of carbonyl (C=O) groups is 1. The Kier molecular flexibility index (Phi) is 6.51. The fraction of sp³-hybridized carbons (Fsp3) is 0.737. The van der Waals surface area contributed by atoms with Crippen LogP contribution < -0.4 is 10.6 Å². The zero-order chi connectivity index (χ0) is 18.5. The number of guanidine groups is 1. The lowest BCUT2D eigenvalue weighted by molar-refractivity contribution is -0.135. The Balaban J connectivity index is 1.47. The average molecular weight is 378 g/mol. The van der Waals surface area contributed by atoms with Crippen molar-refractivity contribution < 1.29 is 4.79 Å². The first-order valence-corrected chi connectivity index (χ1v) is 10.6. The largest absolute Gasteiger partial charge is 0.352 e. The van der Waals surface area contributed by atoms with Gasteiger partial charge < -0.3 is 15.5 Å². The molecule has 3 rings (SSSR count). The topological polar surface area (TPSA) is 69.6 Å². The van der Waals surface area contributed by atoms with Crippen molar-refractivity contribution in [1.29, 1.82) is 0 Å². The van der Waals surface area contributed by atoms with Gasteiger partial charge in [0.2, 0.25) is 5.91 Å². The maximum atomic E-state index is 12.7. The highest BCUT2D eigenvalue weighted by molar-refractivity contribution is 7.11. The monoisotopic (exact) mass is 377 g/mol. The minimum atomic E-state index is 0.262. The minimum Gasteiger partial charge on any atom is -0.352 e. The summed E-state index contributed by atoms with van der Waals surface area (Å²) in [7, 11) is 1.79. The fourth-order valence-corrected chi connectivity index (χ4v) is 4.85. The smallest absolute Gasteiger partial charge is 0.225 e. The van der Waals surface area contributed by atoms with Crippen molar-refractivity contribution >= 4 is 23.2 Å². The average Bonchev–Trinajstić information content (AvgIpc) is 3.24. The number of amides is 1. The van der Waals surface area contributed by atoms with E-state index in [9.17, 15) is 4.79 Å². The molecule has 1 unspecified atom stereocenters. The van der Waals surface area contributed by atoms with Crippen molar-refractivity contribution in [3.63, 3.8) is 0 Å². The van der Waals surface area contributed by atoms with Gasteiger partial charge in [-0.25, -0.2) is 4.98 Å². The summed E-state index contributed by atoms with van der Waals surface area (Å²) < 4.78 is 0. The third-order valence-electron chi connectivity index (χ3n) is 5.43. The zero-order valence-corrected chi connectivity index (χ0v) is 17.0.